The molecule has 0 saturated carbocycles. The van der Waals surface area contributed by atoms with E-state index in [1.807, 2.05) is 30.3 Å². The van der Waals surface area contributed by atoms with E-state index >= 15 is 0 Å². The first kappa shape index (κ1) is 18.0. The number of nitrogens with zero attached hydrogens (tertiary/aromatic N) is 9. The highest BCUT2D eigenvalue weighted by molar-refractivity contribution is 6.21. The Bertz CT molecular complexity index is 1430. The van der Waals surface area contributed by atoms with Crippen LogP contribution in [0.25, 0.3) is 11.0 Å². The van der Waals surface area contributed by atoms with E-state index in [0.29, 0.717) is 0 Å². The molecule has 4 rings (SSSR count). The molecule has 0 fully saturated rings. The van der Waals surface area contributed by atoms with Crippen molar-refractivity contribution < 1.29 is 0 Å². The van der Waals surface area contributed by atoms with Crippen LogP contribution in [0.3, 0.4) is 0 Å². The maximum atomic E-state index is 9.38. The van der Waals surface area contributed by atoms with E-state index in [9.17, 15) is 26.3 Å². The van der Waals surface area contributed by atoms with Crippen LogP contribution in [0.1, 0.15) is 11.4 Å². The zero-order chi connectivity index (χ0) is 21.4. The first-order chi connectivity index (χ1) is 14.6. The van der Waals surface area contributed by atoms with Crippen LogP contribution in [0.2, 0.25) is 0 Å². The van der Waals surface area contributed by atoms with E-state index in [-0.39, 0.29) is 56.6 Å². The molecule has 2 aliphatic rings. The maximum absolute atomic E-state index is 9.38. The molecule has 0 aliphatic carbocycles. The van der Waals surface area contributed by atoms with Crippen LogP contribution in [-0.4, -0.2) is 39.7 Å². The predicted molar refractivity (Wildman–Crippen MR) is 104 cm³/mol. The molecule has 12 nitrogen and oxygen atoms in total. The summed E-state index contributed by atoms with van der Waals surface area (Å²) in [4.78, 5) is 17.0. The first-order valence-corrected chi connectivity index (χ1v) is 8.22. The van der Waals surface area contributed by atoms with Crippen molar-refractivity contribution in [2.75, 3.05) is 10.6 Å². The van der Waals surface area contributed by atoms with Crippen molar-refractivity contribution in [3.63, 3.8) is 0 Å². The zero-order valence-electron chi connectivity index (χ0n) is 14.8. The molecule has 3 heterocycles. The second-order valence-electron chi connectivity index (χ2n) is 5.99. The van der Waals surface area contributed by atoms with E-state index in [1.54, 1.807) is 0 Å². The molecule has 2 aromatic rings. The van der Waals surface area contributed by atoms with Crippen molar-refractivity contribution in [2.45, 2.75) is 12.1 Å². The smallest absolute Gasteiger partial charge is 0.168 e. The molecular weight excluding hydrogens is 384 g/mol. The van der Waals surface area contributed by atoms with E-state index < -0.39 is 12.1 Å². The number of rotatable bonds is 1. The molecule has 2 atom stereocenters. The Hall–Kier alpha value is -5.38. The average molecular weight is 390 g/mol. The van der Waals surface area contributed by atoms with Crippen LogP contribution in [0, 0.1) is 62.1 Å². The Kier molecular flexibility index (Phi) is 3.99. The summed E-state index contributed by atoms with van der Waals surface area (Å²) in [6.45, 7) is 0. The number of hydrogen-bond donors (Lipinski definition) is 3. The number of anilines is 2. The highest BCUT2D eigenvalue weighted by Gasteiger charge is 2.34. The lowest BCUT2D eigenvalue weighted by Gasteiger charge is -2.28. The second-order valence-corrected chi connectivity index (χ2v) is 5.99. The fourth-order valence-corrected chi connectivity index (χ4v) is 3.10. The molecular formula is C18H6N12. The summed E-state index contributed by atoms with van der Waals surface area (Å²) >= 11 is 0. The number of hydrogen-bond acceptors (Lipinski definition) is 12. The molecule has 0 spiro atoms. The highest BCUT2D eigenvalue weighted by atomic mass is 15.1. The lowest BCUT2D eigenvalue weighted by atomic mass is 10.0. The molecule has 3 N–H and O–H groups in total. The molecule has 0 amide bonds. The van der Waals surface area contributed by atoms with E-state index in [1.165, 1.54) is 0 Å². The number of benzene rings is 1. The zero-order valence-corrected chi connectivity index (χ0v) is 14.8. The fourth-order valence-electron chi connectivity index (χ4n) is 3.10. The third kappa shape index (κ3) is 2.38. The van der Waals surface area contributed by atoms with Crippen molar-refractivity contribution in [1.82, 2.24) is 9.97 Å². The van der Waals surface area contributed by atoms with E-state index in [4.69, 9.17) is 5.41 Å². The van der Waals surface area contributed by atoms with Gasteiger partial charge in [0.2, 0.25) is 0 Å². The van der Waals surface area contributed by atoms with Gasteiger partial charge in [-0.25, -0.2) is 20.0 Å². The van der Waals surface area contributed by atoms with Crippen molar-refractivity contribution in [1.29, 1.82) is 31.7 Å². The predicted octanol–water partition coefficient (Wildman–Crippen LogP) is 1.33. The maximum Gasteiger partial charge on any atom is 0.168 e. The van der Waals surface area contributed by atoms with Gasteiger partial charge < -0.3 is 16.0 Å². The Morgan fingerprint density at radius 1 is 0.767 bits per heavy atom. The minimum Gasteiger partial charge on any atom is -0.361 e. The van der Waals surface area contributed by atoms with Gasteiger partial charge in [-0.15, -0.1) is 0 Å². The van der Waals surface area contributed by atoms with Gasteiger partial charge in [0.05, 0.1) is 23.5 Å². The van der Waals surface area contributed by atoms with Crippen LogP contribution >= 0.6 is 0 Å². The van der Waals surface area contributed by atoms with Crippen molar-refractivity contribution in [3.05, 3.63) is 11.4 Å². The molecule has 0 radical (unpaired) electrons. The van der Waals surface area contributed by atoms with Crippen molar-refractivity contribution in [3.8, 4) is 30.3 Å². The van der Waals surface area contributed by atoms with Gasteiger partial charge in [0.25, 0.3) is 0 Å². The van der Waals surface area contributed by atoms with Gasteiger partial charge in [-0.05, 0) is 0 Å². The number of nitrogens with one attached hydrogen (secondary N) is 3. The number of fused-ring (bicyclic) bond motifs is 6. The highest BCUT2D eigenvalue weighted by Crippen LogP contribution is 2.50. The van der Waals surface area contributed by atoms with Gasteiger partial charge in [0, 0.05) is 6.21 Å². The average Bonchev–Trinajstić information content (AvgIpc) is 2.81. The number of nitriles is 5. The SMILES string of the molecule is N#CC1=Nc2c(c3c(c4nc(C=N)c(C#N)nc24)N=C(C#N)C(C#N)N3)NC1C#N. The molecule has 1 aromatic carbocycles. The molecule has 12 heteroatoms. The van der Waals surface area contributed by atoms with Gasteiger partial charge in [0.1, 0.15) is 46.3 Å². The Morgan fingerprint density at radius 2 is 1.27 bits per heavy atom. The van der Waals surface area contributed by atoms with Crippen LogP contribution < -0.4 is 10.6 Å². The van der Waals surface area contributed by atoms with Crippen molar-refractivity contribution >= 4 is 51.4 Å². The fraction of sp³-hybridized carbons (Fsp3) is 0.111. The molecule has 2 unspecified atom stereocenters. The van der Waals surface area contributed by atoms with E-state index in [2.05, 4.69) is 30.6 Å². The normalized spacial score (nSPS) is 18.2. The Labute approximate surface area is 168 Å². The summed E-state index contributed by atoms with van der Waals surface area (Å²) < 4.78 is 0. The molecule has 2 aliphatic heterocycles. The monoisotopic (exact) mass is 390 g/mol. The largest absolute Gasteiger partial charge is 0.361 e. The van der Waals surface area contributed by atoms with Gasteiger partial charge in [-0.2, -0.15) is 26.3 Å². The summed E-state index contributed by atoms with van der Waals surface area (Å²) in [6.07, 6.45) is 0.855. The number of aliphatic imine (C=N–C) groups is 2. The van der Waals surface area contributed by atoms with Gasteiger partial charge in [0.15, 0.2) is 29.2 Å². The topological polar surface area (TPSA) is 217 Å². The minimum absolute atomic E-state index is 0.0218. The molecule has 0 bridgehead atoms. The van der Waals surface area contributed by atoms with Crippen LogP contribution in [0.15, 0.2) is 9.98 Å². The molecule has 1 aromatic heterocycles. The minimum atomic E-state index is -1.06. The molecule has 30 heavy (non-hydrogen) atoms. The lowest BCUT2D eigenvalue weighted by Crippen LogP contribution is -2.33. The lowest BCUT2D eigenvalue weighted by molar-refractivity contribution is 1.10. The Balaban J connectivity index is 2.20. The molecule has 138 valence electrons. The Morgan fingerprint density at radius 3 is 1.67 bits per heavy atom. The third-order valence-corrected chi connectivity index (χ3v) is 4.41. The van der Waals surface area contributed by atoms with Crippen LogP contribution in [0.5, 0.6) is 0 Å². The van der Waals surface area contributed by atoms with Crippen LogP contribution in [0.4, 0.5) is 22.7 Å². The summed E-state index contributed by atoms with van der Waals surface area (Å²) in [7, 11) is 0. The summed E-state index contributed by atoms with van der Waals surface area (Å²) in [5, 5.41) is 60.1. The summed E-state index contributed by atoms with van der Waals surface area (Å²) in [5.74, 6) is 0. The molecule has 0 saturated heterocycles. The van der Waals surface area contributed by atoms with Crippen LogP contribution in [-0.2, 0) is 0 Å². The van der Waals surface area contributed by atoms with Gasteiger partial charge >= 0.3 is 0 Å². The van der Waals surface area contributed by atoms with E-state index in [0.717, 1.165) is 6.21 Å². The summed E-state index contributed by atoms with van der Waals surface area (Å²) in [5.41, 5.74) is 0.601. The number of aromatic nitrogens is 2. The standard InChI is InChI=1S/C18H6N12/c19-1-7-8(2-20)26-14-13(25-7)15-17(29-10(4-22)9(3-21)27-15)18-16(14)28-11(5-23)12(6-24)30-18/h1,10,12,19,29-30H. The summed E-state index contributed by atoms with van der Waals surface area (Å²) in [6, 6.07) is 7.29. The second kappa shape index (κ2) is 6.65. The van der Waals surface area contributed by atoms with Gasteiger partial charge in [-0.1, -0.05) is 0 Å². The van der Waals surface area contributed by atoms with Gasteiger partial charge in [-0.3, -0.25) is 0 Å². The van der Waals surface area contributed by atoms with Crippen molar-refractivity contribution in [2.24, 2.45) is 9.98 Å². The third-order valence-electron chi connectivity index (χ3n) is 4.41. The quantitative estimate of drug-likeness (QED) is 0.597. The first-order valence-electron chi connectivity index (χ1n) is 8.22.